The van der Waals surface area contributed by atoms with Crippen LogP contribution in [0.1, 0.15) is 66.2 Å². The molecule has 1 nitrogen and oxygen atoms in total. The average molecular weight is 276 g/mol. The van der Waals surface area contributed by atoms with Crippen LogP contribution >= 0.6 is 0 Å². The molecule has 1 aliphatic carbocycles. The molecule has 0 radical (unpaired) electrons. The van der Waals surface area contributed by atoms with Crippen LogP contribution in [-0.4, -0.2) is 10.7 Å². The van der Waals surface area contributed by atoms with Crippen molar-refractivity contribution in [1.29, 1.82) is 0 Å². The standard InChI is InChI=1S/C19H32O/c1-16(2)18-12-8-6-5-7-10-17(3)11-9-14-19(4,20)15-13-18/h5-6,11,13,15-16,18,20H,7-10,12,14H2,1-4H3/b6-5+,15-13?,17-11+/t18?,19-/m1/s1. The van der Waals surface area contributed by atoms with Gasteiger partial charge in [-0.3, -0.25) is 0 Å². The van der Waals surface area contributed by atoms with Crippen LogP contribution < -0.4 is 0 Å². The summed E-state index contributed by atoms with van der Waals surface area (Å²) in [6.45, 7) is 8.65. The van der Waals surface area contributed by atoms with Crippen LogP contribution in [0.15, 0.2) is 36.0 Å². The molecule has 0 bridgehead atoms. The fourth-order valence-corrected chi connectivity index (χ4v) is 2.61. The highest BCUT2D eigenvalue weighted by molar-refractivity contribution is 5.06. The largest absolute Gasteiger partial charge is 0.386 e. The van der Waals surface area contributed by atoms with Crippen molar-refractivity contribution in [3.63, 3.8) is 0 Å². The second kappa shape index (κ2) is 8.46. The Bertz CT molecular complexity index is 358. The van der Waals surface area contributed by atoms with E-state index in [1.807, 2.05) is 13.0 Å². The third-order valence-electron chi connectivity index (χ3n) is 4.24. The monoisotopic (exact) mass is 276 g/mol. The van der Waals surface area contributed by atoms with Crippen molar-refractivity contribution >= 4 is 0 Å². The van der Waals surface area contributed by atoms with Crippen LogP contribution in [0, 0.1) is 11.8 Å². The minimum atomic E-state index is -0.677. The number of rotatable bonds is 1. The lowest BCUT2D eigenvalue weighted by Gasteiger charge is -2.22. The molecule has 1 N–H and O–H groups in total. The molecule has 0 aromatic rings. The molecular weight excluding hydrogens is 244 g/mol. The Kier molecular flexibility index (Phi) is 7.29. The van der Waals surface area contributed by atoms with Gasteiger partial charge in [-0.05, 0) is 64.2 Å². The Hall–Kier alpha value is -0.820. The third kappa shape index (κ3) is 7.09. The normalized spacial score (nSPS) is 34.3. The maximum absolute atomic E-state index is 10.4. The molecule has 0 heterocycles. The van der Waals surface area contributed by atoms with E-state index >= 15 is 0 Å². The van der Waals surface area contributed by atoms with Crippen LogP contribution in [0.25, 0.3) is 0 Å². The van der Waals surface area contributed by atoms with Crippen molar-refractivity contribution in [2.45, 2.75) is 71.8 Å². The molecule has 0 saturated heterocycles. The Morgan fingerprint density at radius 2 is 1.90 bits per heavy atom. The van der Waals surface area contributed by atoms with Gasteiger partial charge < -0.3 is 5.11 Å². The molecule has 0 saturated carbocycles. The van der Waals surface area contributed by atoms with Crippen molar-refractivity contribution in [3.8, 4) is 0 Å². The molecule has 1 heteroatoms. The zero-order chi connectivity index (χ0) is 15.0. The molecule has 1 rings (SSSR count). The first-order valence-electron chi connectivity index (χ1n) is 8.13. The minimum Gasteiger partial charge on any atom is -0.386 e. The average Bonchev–Trinajstić information content (AvgIpc) is 2.35. The number of aliphatic hydroxyl groups is 1. The Balaban J connectivity index is 2.78. The molecule has 0 aliphatic heterocycles. The van der Waals surface area contributed by atoms with E-state index in [1.54, 1.807) is 0 Å². The van der Waals surface area contributed by atoms with Gasteiger partial charge in [0.25, 0.3) is 0 Å². The van der Waals surface area contributed by atoms with Crippen LogP contribution in [0.2, 0.25) is 0 Å². The molecule has 2 atom stereocenters. The molecule has 1 aliphatic rings. The Labute approximate surface area is 125 Å². The first-order chi connectivity index (χ1) is 9.41. The summed E-state index contributed by atoms with van der Waals surface area (Å²) in [5, 5.41) is 10.4. The zero-order valence-corrected chi connectivity index (χ0v) is 13.7. The van der Waals surface area contributed by atoms with E-state index in [-0.39, 0.29) is 0 Å². The highest BCUT2D eigenvalue weighted by Crippen LogP contribution is 2.23. The van der Waals surface area contributed by atoms with Crippen LogP contribution in [0.5, 0.6) is 0 Å². The summed E-state index contributed by atoms with van der Waals surface area (Å²) in [5.41, 5.74) is 0.760. The maximum atomic E-state index is 10.4. The number of hydrogen-bond donors (Lipinski definition) is 1. The Morgan fingerprint density at radius 3 is 2.60 bits per heavy atom. The molecule has 114 valence electrons. The van der Waals surface area contributed by atoms with Gasteiger partial charge in [0, 0.05) is 0 Å². The van der Waals surface area contributed by atoms with E-state index < -0.39 is 5.60 Å². The molecule has 0 aromatic heterocycles. The topological polar surface area (TPSA) is 20.2 Å². The van der Waals surface area contributed by atoms with Gasteiger partial charge in [0.15, 0.2) is 0 Å². The van der Waals surface area contributed by atoms with E-state index in [4.69, 9.17) is 0 Å². The van der Waals surface area contributed by atoms with Crippen molar-refractivity contribution < 1.29 is 5.11 Å². The highest BCUT2D eigenvalue weighted by Gasteiger charge is 2.17. The van der Waals surface area contributed by atoms with Crippen molar-refractivity contribution in [3.05, 3.63) is 36.0 Å². The summed E-state index contributed by atoms with van der Waals surface area (Å²) in [5.74, 6) is 1.19. The SMILES string of the molecule is C/C1=C\CC[C@@](C)(O)C=CC(C(C)C)CC/C=C/CC1. The van der Waals surface area contributed by atoms with E-state index in [9.17, 15) is 5.11 Å². The summed E-state index contributed by atoms with van der Waals surface area (Å²) in [6, 6.07) is 0. The highest BCUT2D eigenvalue weighted by atomic mass is 16.3. The predicted octanol–water partition coefficient (Wildman–Crippen LogP) is 5.42. The van der Waals surface area contributed by atoms with Gasteiger partial charge in [0.1, 0.15) is 0 Å². The first kappa shape index (κ1) is 17.2. The van der Waals surface area contributed by atoms with E-state index in [2.05, 4.69) is 45.1 Å². The lowest BCUT2D eigenvalue weighted by atomic mass is 9.88. The zero-order valence-electron chi connectivity index (χ0n) is 13.7. The fourth-order valence-electron chi connectivity index (χ4n) is 2.61. The quantitative estimate of drug-likeness (QED) is 0.634. The lowest BCUT2D eigenvalue weighted by molar-refractivity contribution is 0.102. The number of allylic oxidation sites excluding steroid dienone is 5. The van der Waals surface area contributed by atoms with E-state index in [0.717, 1.165) is 32.1 Å². The molecular formula is C19H32O. The van der Waals surface area contributed by atoms with E-state index in [0.29, 0.717) is 11.8 Å². The van der Waals surface area contributed by atoms with Crippen LogP contribution in [-0.2, 0) is 0 Å². The maximum Gasteiger partial charge on any atom is 0.0802 e. The second-order valence-corrected chi connectivity index (χ2v) is 6.80. The van der Waals surface area contributed by atoms with Gasteiger partial charge in [0.05, 0.1) is 5.60 Å². The molecule has 0 fully saturated rings. The van der Waals surface area contributed by atoms with Crippen molar-refractivity contribution in [1.82, 2.24) is 0 Å². The summed E-state index contributed by atoms with van der Waals surface area (Å²) < 4.78 is 0. The molecule has 1 unspecified atom stereocenters. The summed E-state index contributed by atoms with van der Waals surface area (Å²) in [7, 11) is 0. The van der Waals surface area contributed by atoms with Crippen LogP contribution in [0.4, 0.5) is 0 Å². The van der Waals surface area contributed by atoms with Gasteiger partial charge in [-0.25, -0.2) is 0 Å². The summed E-state index contributed by atoms with van der Waals surface area (Å²) in [6.07, 6.45) is 17.5. The molecule has 0 amide bonds. The van der Waals surface area contributed by atoms with E-state index in [1.165, 1.54) is 12.0 Å². The molecule has 0 spiro atoms. The second-order valence-electron chi connectivity index (χ2n) is 6.80. The third-order valence-corrected chi connectivity index (χ3v) is 4.24. The van der Waals surface area contributed by atoms with Gasteiger partial charge >= 0.3 is 0 Å². The van der Waals surface area contributed by atoms with Gasteiger partial charge in [-0.1, -0.05) is 49.8 Å². The fraction of sp³-hybridized carbons (Fsp3) is 0.684. The van der Waals surface area contributed by atoms with Gasteiger partial charge in [0.2, 0.25) is 0 Å². The lowest BCUT2D eigenvalue weighted by Crippen LogP contribution is -2.21. The summed E-state index contributed by atoms with van der Waals surface area (Å²) >= 11 is 0. The molecule has 20 heavy (non-hydrogen) atoms. The minimum absolute atomic E-state index is 0.561. The van der Waals surface area contributed by atoms with Crippen molar-refractivity contribution in [2.75, 3.05) is 0 Å². The Morgan fingerprint density at radius 1 is 1.20 bits per heavy atom. The predicted molar refractivity (Wildman–Crippen MR) is 88.7 cm³/mol. The van der Waals surface area contributed by atoms with Gasteiger partial charge in [-0.15, -0.1) is 0 Å². The summed E-state index contributed by atoms with van der Waals surface area (Å²) in [4.78, 5) is 0. The van der Waals surface area contributed by atoms with Crippen molar-refractivity contribution in [2.24, 2.45) is 11.8 Å². The first-order valence-corrected chi connectivity index (χ1v) is 8.13. The molecule has 0 aromatic carbocycles. The van der Waals surface area contributed by atoms with Crippen LogP contribution in [0.3, 0.4) is 0 Å². The number of hydrogen-bond acceptors (Lipinski definition) is 1. The smallest absolute Gasteiger partial charge is 0.0802 e. The van der Waals surface area contributed by atoms with Gasteiger partial charge in [-0.2, -0.15) is 0 Å².